The topological polar surface area (TPSA) is 40.6 Å². The van der Waals surface area contributed by atoms with Gasteiger partial charge in [0.25, 0.3) is 11.8 Å². The molecule has 1 saturated heterocycles. The van der Waals surface area contributed by atoms with Gasteiger partial charge in [0.05, 0.1) is 5.69 Å². The lowest BCUT2D eigenvalue weighted by Crippen LogP contribution is -2.48. The van der Waals surface area contributed by atoms with Gasteiger partial charge >= 0.3 is 0 Å². The summed E-state index contributed by atoms with van der Waals surface area (Å²) in [5.74, 6) is 2.26. The largest absolute Gasteiger partial charge is 0.371 e. The Morgan fingerprint density at radius 1 is 0.694 bits per heavy atom. The standard InChI is InChI=1S/C32H32N2O2/c35-30-26-5-3-4-25-28(33-12-1-2-13-33)11-10-27(29(25)26)31(36)34(30)24-8-6-23(7-9-24)32-17-20-14-21(18-32)16-22(15-20)19-32/h3-11,20-22H,1-2,12-19H2. The summed E-state index contributed by atoms with van der Waals surface area (Å²) >= 11 is 0. The Balaban J connectivity index is 1.16. The fraction of sp³-hybridized carbons (Fsp3) is 0.438. The van der Waals surface area contributed by atoms with Crippen molar-refractivity contribution in [3.8, 4) is 0 Å². The molecule has 4 bridgehead atoms. The molecule has 0 atom stereocenters. The number of rotatable bonds is 3. The molecule has 4 nitrogen and oxygen atoms in total. The van der Waals surface area contributed by atoms with Gasteiger partial charge in [0, 0.05) is 40.7 Å². The molecule has 36 heavy (non-hydrogen) atoms. The molecule has 3 aromatic carbocycles. The van der Waals surface area contributed by atoms with Crippen LogP contribution >= 0.6 is 0 Å². The third kappa shape index (κ3) is 2.87. The van der Waals surface area contributed by atoms with Crippen LogP contribution < -0.4 is 9.80 Å². The molecular formula is C32H32N2O2. The number of hydrogen-bond acceptors (Lipinski definition) is 3. The van der Waals surface area contributed by atoms with E-state index in [1.807, 2.05) is 30.3 Å². The second kappa shape index (κ2) is 7.44. The van der Waals surface area contributed by atoms with Gasteiger partial charge in [0.2, 0.25) is 0 Å². The molecule has 9 rings (SSSR count). The van der Waals surface area contributed by atoms with E-state index in [1.165, 1.54) is 61.8 Å². The molecule has 0 aromatic heterocycles. The highest BCUT2D eigenvalue weighted by Crippen LogP contribution is 2.60. The average Bonchev–Trinajstić information content (AvgIpc) is 3.41. The van der Waals surface area contributed by atoms with Crippen molar-refractivity contribution in [3.63, 3.8) is 0 Å². The maximum atomic E-state index is 13.7. The number of nitrogens with zero attached hydrogens (tertiary/aromatic N) is 2. The predicted molar refractivity (Wildman–Crippen MR) is 143 cm³/mol. The van der Waals surface area contributed by atoms with Gasteiger partial charge < -0.3 is 4.90 Å². The molecule has 0 spiro atoms. The van der Waals surface area contributed by atoms with Crippen molar-refractivity contribution in [2.45, 2.75) is 56.8 Å². The number of benzene rings is 3. The van der Waals surface area contributed by atoms with Gasteiger partial charge in [-0.1, -0.05) is 24.3 Å². The normalized spacial score (nSPS) is 30.6. The minimum Gasteiger partial charge on any atom is -0.371 e. The highest BCUT2D eigenvalue weighted by atomic mass is 16.2. The van der Waals surface area contributed by atoms with Crippen molar-refractivity contribution in [3.05, 3.63) is 71.3 Å². The molecule has 2 aliphatic heterocycles. The smallest absolute Gasteiger partial charge is 0.265 e. The minimum atomic E-state index is -0.209. The highest BCUT2D eigenvalue weighted by Gasteiger charge is 2.51. The summed E-state index contributed by atoms with van der Waals surface area (Å²) in [6.07, 6.45) is 10.6. The summed E-state index contributed by atoms with van der Waals surface area (Å²) in [7, 11) is 0. The van der Waals surface area contributed by atoms with Crippen LogP contribution in [0.2, 0.25) is 0 Å². The zero-order chi connectivity index (χ0) is 24.0. The molecule has 4 saturated carbocycles. The molecule has 5 fully saturated rings. The molecule has 2 heterocycles. The van der Waals surface area contributed by atoms with Crippen molar-refractivity contribution >= 4 is 34.0 Å². The van der Waals surface area contributed by atoms with Crippen molar-refractivity contribution in [1.82, 2.24) is 0 Å². The first kappa shape index (κ1) is 21.0. The summed E-state index contributed by atoms with van der Waals surface area (Å²) in [5, 5.41) is 1.84. The molecule has 0 unspecified atom stereocenters. The Morgan fingerprint density at radius 2 is 1.31 bits per heavy atom. The molecule has 6 aliphatic rings. The van der Waals surface area contributed by atoms with E-state index >= 15 is 0 Å². The van der Waals surface area contributed by atoms with E-state index in [1.54, 1.807) is 0 Å². The first-order chi connectivity index (χ1) is 17.6. The van der Waals surface area contributed by atoms with Crippen LogP contribution in [0.15, 0.2) is 54.6 Å². The number of amides is 2. The van der Waals surface area contributed by atoms with Gasteiger partial charge in [-0.15, -0.1) is 0 Å². The molecule has 0 N–H and O–H groups in total. The fourth-order valence-corrected chi connectivity index (χ4v) is 8.98. The zero-order valence-electron chi connectivity index (χ0n) is 20.7. The second-order valence-corrected chi connectivity index (χ2v) is 12.2. The average molecular weight is 477 g/mol. The Morgan fingerprint density at radius 3 is 1.94 bits per heavy atom. The summed E-state index contributed by atoms with van der Waals surface area (Å²) < 4.78 is 0. The van der Waals surface area contributed by atoms with Gasteiger partial charge in [0.1, 0.15) is 0 Å². The molecule has 4 aliphatic carbocycles. The summed E-state index contributed by atoms with van der Waals surface area (Å²) in [5.41, 5.74) is 4.82. The van der Waals surface area contributed by atoms with E-state index in [-0.39, 0.29) is 11.8 Å². The summed E-state index contributed by atoms with van der Waals surface area (Å²) in [6, 6.07) is 18.4. The molecule has 4 heteroatoms. The Labute approximate surface area is 212 Å². The number of carbonyl (C=O) groups excluding carboxylic acids is 2. The lowest BCUT2D eigenvalue weighted by molar-refractivity contribution is -0.00518. The first-order valence-electron chi connectivity index (χ1n) is 13.9. The number of carbonyl (C=O) groups is 2. The van der Waals surface area contributed by atoms with E-state index in [0.717, 1.165) is 47.3 Å². The Kier molecular flexibility index (Phi) is 4.34. The van der Waals surface area contributed by atoms with Gasteiger partial charge in [0.15, 0.2) is 0 Å². The van der Waals surface area contributed by atoms with E-state index < -0.39 is 0 Å². The molecule has 2 amide bonds. The Hall–Kier alpha value is -3.14. The second-order valence-electron chi connectivity index (χ2n) is 12.2. The number of imide groups is 1. The van der Waals surface area contributed by atoms with Crippen LogP contribution in [0, 0.1) is 17.8 Å². The SMILES string of the molecule is O=C1c2cccc3c(N4CCCC4)ccc(c23)C(=O)N1c1ccc(C23CC4CC(CC(C4)C2)C3)cc1. The van der Waals surface area contributed by atoms with Gasteiger partial charge in [-0.05, 0) is 110 Å². The van der Waals surface area contributed by atoms with Crippen LogP contribution in [0.25, 0.3) is 10.8 Å². The minimum absolute atomic E-state index is 0.209. The van der Waals surface area contributed by atoms with Gasteiger partial charge in [-0.25, -0.2) is 4.90 Å². The van der Waals surface area contributed by atoms with Crippen LogP contribution in [0.5, 0.6) is 0 Å². The number of hydrogen-bond donors (Lipinski definition) is 0. The van der Waals surface area contributed by atoms with Crippen LogP contribution in [0.4, 0.5) is 11.4 Å². The Bertz CT molecular complexity index is 1360. The molecule has 3 aromatic rings. The van der Waals surface area contributed by atoms with E-state index in [0.29, 0.717) is 22.2 Å². The van der Waals surface area contributed by atoms with E-state index in [4.69, 9.17) is 0 Å². The van der Waals surface area contributed by atoms with Crippen molar-refractivity contribution < 1.29 is 9.59 Å². The quantitative estimate of drug-likeness (QED) is 0.395. The molecular weight excluding hydrogens is 444 g/mol. The molecule has 0 radical (unpaired) electrons. The highest BCUT2D eigenvalue weighted by molar-refractivity contribution is 6.36. The molecule has 182 valence electrons. The fourth-order valence-electron chi connectivity index (χ4n) is 8.98. The predicted octanol–water partition coefficient (Wildman–Crippen LogP) is 6.71. The van der Waals surface area contributed by atoms with Crippen LogP contribution in [0.1, 0.15) is 77.6 Å². The van der Waals surface area contributed by atoms with Crippen LogP contribution in [0.3, 0.4) is 0 Å². The first-order valence-corrected chi connectivity index (χ1v) is 13.9. The monoisotopic (exact) mass is 476 g/mol. The van der Waals surface area contributed by atoms with Gasteiger partial charge in [-0.3, -0.25) is 9.59 Å². The van der Waals surface area contributed by atoms with Gasteiger partial charge in [-0.2, -0.15) is 0 Å². The summed E-state index contributed by atoms with van der Waals surface area (Å²) in [6.45, 7) is 2.06. The summed E-state index contributed by atoms with van der Waals surface area (Å²) in [4.78, 5) is 31.3. The lowest BCUT2D eigenvalue weighted by atomic mass is 9.48. The third-order valence-corrected chi connectivity index (χ3v) is 10.1. The van der Waals surface area contributed by atoms with E-state index in [2.05, 4.69) is 29.2 Å². The van der Waals surface area contributed by atoms with Crippen LogP contribution in [-0.2, 0) is 5.41 Å². The maximum absolute atomic E-state index is 13.7. The maximum Gasteiger partial charge on any atom is 0.265 e. The number of anilines is 2. The zero-order valence-corrected chi connectivity index (χ0v) is 20.7. The van der Waals surface area contributed by atoms with Crippen LogP contribution in [-0.4, -0.2) is 24.9 Å². The third-order valence-electron chi connectivity index (χ3n) is 10.1. The van der Waals surface area contributed by atoms with E-state index in [9.17, 15) is 9.59 Å². The van der Waals surface area contributed by atoms with Crippen molar-refractivity contribution in [2.24, 2.45) is 17.8 Å². The van der Waals surface area contributed by atoms with Crippen molar-refractivity contribution in [2.75, 3.05) is 22.9 Å². The lowest BCUT2D eigenvalue weighted by Gasteiger charge is -2.57. The van der Waals surface area contributed by atoms with Crippen molar-refractivity contribution in [1.29, 1.82) is 0 Å².